The van der Waals surface area contributed by atoms with Crippen molar-refractivity contribution < 1.29 is 49.6 Å². The molecule has 3 rings (SSSR count). The molecular weight excluding hydrogens is 304 g/mol. The zero-order valence-electron chi connectivity index (χ0n) is 11.5. The number of ether oxygens (including phenoxy) is 4. The molecule has 3 aliphatic rings. The predicted octanol–water partition coefficient (Wildman–Crippen LogP) is -4.35. The van der Waals surface area contributed by atoms with Gasteiger partial charge in [0.05, 0.1) is 13.2 Å². The minimum absolute atomic E-state index is 0.0947. The standard InChI is InChI=1S/C12H20O10/c13-1-3-5(14)7(16)9(18)11(20-3)22-10-8(17)6(15)4-2-19-12(10)21-4/h3-18H,1-2H2/t3-,4-,5-,6-,7+,8+,9-,10-,11-,12-/m1/s1. The SMILES string of the molecule is OC[C@H]1O[C@H](O[C@H]2[C@@H]3OC[C@@H](O3)[C@@H](O)[C@@H]2O)[C@H](O)[C@@H](O)[C@@H]1O. The molecule has 0 radical (unpaired) electrons. The van der Waals surface area contributed by atoms with Gasteiger partial charge < -0.3 is 49.6 Å². The largest absolute Gasteiger partial charge is 0.394 e. The van der Waals surface area contributed by atoms with E-state index in [1.807, 2.05) is 0 Å². The summed E-state index contributed by atoms with van der Waals surface area (Å²) < 4.78 is 21.1. The van der Waals surface area contributed by atoms with Gasteiger partial charge >= 0.3 is 0 Å². The summed E-state index contributed by atoms with van der Waals surface area (Å²) in [4.78, 5) is 0. The van der Waals surface area contributed by atoms with Crippen LogP contribution in [0, 0.1) is 0 Å². The number of aliphatic hydroxyl groups is 6. The monoisotopic (exact) mass is 324 g/mol. The van der Waals surface area contributed by atoms with Gasteiger partial charge in [-0.15, -0.1) is 0 Å². The lowest BCUT2D eigenvalue weighted by atomic mass is 9.98. The van der Waals surface area contributed by atoms with Crippen molar-refractivity contribution >= 4 is 0 Å². The van der Waals surface area contributed by atoms with Crippen molar-refractivity contribution in [2.75, 3.05) is 13.2 Å². The Balaban J connectivity index is 1.71. The van der Waals surface area contributed by atoms with Crippen molar-refractivity contribution in [3.63, 3.8) is 0 Å². The van der Waals surface area contributed by atoms with Crippen molar-refractivity contribution in [1.82, 2.24) is 0 Å². The van der Waals surface area contributed by atoms with Crippen LogP contribution in [0.5, 0.6) is 0 Å². The minimum Gasteiger partial charge on any atom is -0.394 e. The van der Waals surface area contributed by atoms with E-state index in [9.17, 15) is 25.5 Å². The second kappa shape index (κ2) is 6.24. The first-order valence-electron chi connectivity index (χ1n) is 7.03. The van der Waals surface area contributed by atoms with Gasteiger partial charge in [0.15, 0.2) is 12.6 Å². The van der Waals surface area contributed by atoms with Crippen molar-refractivity contribution in [1.29, 1.82) is 0 Å². The Kier molecular flexibility index (Phi) is 4.67. The van der Waals surface area contributed by atoms with Gasteiger partial charge in [0.1, 0.15) is 48.8 Å². The van der Waals surface area contributed by atoms with Crippen LogP contribution < -0.4 is 0 Å². The van der Waals surface area contributed by atoms with Crippen LogP contribution in [-0.4, -0.2) is 105 Å². The molecule has 10 nitrogen and oxygen atoms in total. The van der Waals surface area contributed by atoms with E-state index in [4.69, 9.17) is 24.1 Å². The predicted molar refractivity (Wildman–Crippen MR) is 65.3 cm³/mol. The smallest absolute Gasteiger partial charge is 0.187 e. The Labute approximate surface area is 125 Å². The van der Waals surface area contributed by atoms with Crippen molar-refractivity contribution in [3.05, 3.63) is 0 Å². The van der Waals surface area contributed by atoms with Crippen molar-refractivity contribution in [2.24, 2.45) is 0 Å². The average molecular weight is 324 g/mol. The van der Waals surface area contributed by atoms with Gasteiger partial charge in [-0.25, -0.2) is 0 Å². The fraction of sp³-hybridized carbons (Fsp3) is 1.00. The molecular formula is C12H20O10. The number of hydrogen-bond donors (Lipinski definition) is 6. The first-order valence-corrected chi connectivity index (χ1v) is 7.03. The molecule has 0 aromatic rings. The maximum atomic E-state index is 10.0. The number of aliphatic hydroxyl groups excluding tert-OH is 6. The molecule has 3 fully saturated rings. The third-order valence-corrected chi connectivity index (χ3v) is 4.21. The Morgan fingerprint density at radius 2 is 1.59 bits per heavy atom. The molecule has 3 aliphatic heterocycles. The van der Waals surface area contributed by atoms with Crippen LogP contribution in [0.2, 0.25) is 0 Å². The van der Waals surface area contributed by atoms with Crippen LogP contribution in [0.4, 0.5) is 0 Å². The summed E-state index contributed by atoms with van der Waals surface area (Å²) in [5.74, 6) is 0. The van der Waals surface area contributed by atoms with Gasteiger partial charge in [-0.2, -0.15) is 0 Å². The Bertz CT molecular complexity index is 392. The Morgan fingerprint density at radius 1 is 0.864 bits per heavy atom. The van der Waals surface area contributed by atoms with Crippen LogP contribution >= 0.6 is 0 Å². The molecule has 3 heterocycles. The fourth-order valence-electron chi connectivity index (χ4n) is 2.85. The van der Waals surface area contributed by atoms with Crippen LogP contribution in [0.15, 0.2) is 0 Å². The maximum absolute atomic E-state index is 10.0. The second-order valence-electron chi connectivity index (χ2n) is 5.66. The van der Waals surface area contributed by atoms with E-state index in [0.29, 0.717) is 0 Å². The third-order valence-electron chi connectivity index (χ3n) is 4.21. The molecule has 6 N–H and O–H groups in total. The molecule has 2 bridgehead atoms. The van der Waals surface area contributed by atoms with Crippen molar-refractivity contribution in [3.8, 4) is 0 Å². The summed E-state index contributed by atoms with van der Waals surface area (Å²) in [5.41, 5.74) is 0. The number of rotatable bonds is 3. The third kappa shape index (κ3) is 2.65. The van der Waals surface area contributed by atoms with E-state index >= 15 is 0 Å². The van der Waals surface area contributed by atoms with Crippen LogP contribution in [0.3, 0.4) is 0 Å². The van der Waals surface area contributed by atoms with E-state index < -0.39 is 68.0 Å². The summed E-state index contributed by atoms with van der Waals surface area (Å²) in [6.45, 7) is -0.503. The zero-order valence-corrected chi connectivity index (χ0v) is 11.5. The summed E-state index contributed by atoms with van der Waals surface area (Å²) in [5, 5.41) is 58.3. The zero-order chi connectivity index (χ0) is 16.0. The Hall–Kier alpha value is -0.400. The highest BCUT2D eigenvalue weighted by atomic mass is 16.8. The molecule has 0 unspecified atom stereocenters. The lowest BCUT2D eigenvalue weighted by molar-refractivity contribution is -0.345. The highest BCUT2D eigenvalue weighted by molar-refractivity contribution is 4.95. The van der Waals surface area contributed by atoms with Gasteiger partial charge in [-0.3, -0.25) is 0 Å². The van der Waals surface area contributed by atoms with Gasteiger partial charge in [-0.05, 0) is 0 Å². The molecule has 0 saturated carbocycles. The normalized spacial score (nSPS) is 55.4. The lowest BCUT2D eigenvalue weighted by Gasteiger charge is -2.43. The van der Waals surface area contributed by atoms with Crippen molar-refractivity contribution in [2.45, 2.75) is 61.4 Å². The molecule has 3 saturated heterocycles. The summed E-state index contributed by atoms with van der Waals surface area (Å²) in [7, 11) is 0. The van der Waals surface area contributed by atoms with Crippen LogP contribution in [0.1, 0.15) is 0 Å². The first-order chi connectivity index (χ1) is 10.4. The molecule has 22 heavy (non-hydrogen) atoms. The van der Waals surface area contributed by atoms with Gasteiger partial charge in [-0.1, -0.05) is 0 Å². The molecule has 10 heteroatoms. The summed E-state index contributed by atoms with van der Waals surface area (Å²) >= 11 is 0. The van der Waals surface area contributed by atoms with Crippen LogP contribution in [0.25, 0.3) is 0 Å². The fourth-order valence-corrected chi connectivity index (χ4v) is 2.85. The maximum Gasteiger partial charge on any atom is 0.187 e. The lowest BCUT2D eigenvalue weighted by Crippen LogP contribution is -2.62. The van der Waals surface area contributed by atoms with Gasteiger partial charge in [0.25, 0.3) is 0 Å². The molecule has 0 amide bonds. The molecule has 0 spiro atoms. The molecule has 10 atom stereocenters. The quantitative estimate of drug-likeness (QED) is 0.299. The van der Waals surface area contributed by atoms with Crippen LogP contribution in [-0.2, 0) is 18.9 Å². The van der Waals surface area contributed by atoms with Gasteiger partial charge in [0.2, 0.25) is 0 Å². The number of hydrogen-bond acceptors (Lipinski definition) is 10. The molecule has 0 aliphatic carbocycles. The minimum atomic E-state index is -1.61. The molecule has 0 aromatic carbocycles. The molecule has 128 valence electrons. The second-order valence-corrected chi connectivity index (χ2v) is 5.66. The first kappa shape index (κ1) is 16.5. The topological polar surface area (TPSA) is 158 Å². The summed E-state index contributed by atoms with van der Waals surface area (Å²) in [6.07, 6.45) is -12.6. The Morgan fingerprint density at radius 3 is 2.27 bits per heavy atom. The average Bonchev–Trinajstić information content (AvgIpc) is 2.96. The van der Waals surface area contributed by atoms with E-state index in [1.54, 1.807) is 0 Å². The van der Waals surface area contributed by atoms with E-state index in [-0.39, 0.29) is 6.61 Å². The highest BCUT2D eigenvalue weighted by Gasteiger charge is 2.53. The van der Waals surface area contributed by atoms with Gasteiger partial charge in [0, 0.05) is 0 Å². The van der Waals surface area contributed by atoms with E-state index in [1.165, 1.54) is 0 Å². The van der Waals surface area contributed by atoms with E-state index in [0.717, 1.165) is 0 Å². The number of fused-ring (bicyclic) bond motifs is 2. The highest BCUT2D eigenvalue weighted by Crippen LogP contribution is 2.32. The van der Waals surface area contributed by atoms with E-state index in [2.05, 4.69) is 0 Å². The molecule has 0 aromatic heterocycles. The summed E-state index contributed by atoms with van der Waals surface area (Å²) in [6, 6.07) is 0.